The van der Waals surface area contributed by atoms with Crippen LogP contribution in [0.2, 0.25) is 0 Å². The summed E-state index contributed by atoms with van der Waals surface area (Å²) in [6, 6.07) is 0. The maximum atomic E-state index is 11.5. The average molecular weight is 260 g/mol. The minimum Gasteiger partial charge on any atom is -0.382 e. The van der Waals surface area contributed by atoms with Gasteiger partial charge in [0.05, 0.1) is 13.2 Å². The molecule has 0 heterocycles. The van der Waals surface area contributed by atoms with E-state index < -0.39 is 5.41 Å². The van der Waals surface area contributed by atoms with Crippen LogP contribution in [0.5, 0.6) is 0 Å². The molecule has 2 amide bonds. The third-order valence-corrected chi connectivity index (χ3v) is 2.12. The highest BCUT2D eigenvalue weighted by molar-refractivity contribution is 5.81. The SMILES string of the molecule is COCCONC(=O)CCCNC(=O)C(C)(C)C. The van der Waals surface area contributed by atoms with Crippen molar-refractivity contribution in [1.29, 1.82) is 0 Å². The Morgan fingerprint density at radius 3 is 2.39 bits per heavy atom. The van der Waals surface area contributed by atoms with Gasteiger partial charge in [-0.15, -0.1) is 0 Å². The number of hydroxylamine groups is 1. The summed E-state index contributed by atoms with van der Waals surface area (Å²) >= 11 is 0. The Balaban J connectivity index is 3.49. The second-order valence-corrected chi connectivity index (χ2v) is 4.98. The quantitative estimate of drug-likeness (QED) is 0.495. The Hall–Kier alpha value is -1.14. The lowest BCUT2D eigenvalue weighted by molar-refractivity contribution is -0.135. The predicted octanol–water partition coefficient (Wildman–Crippen LogP) is 0.623. The molecule has 0 atom stereocenters. The summed E-state index contributed by atoms with van der Waals surface area (Å²) < 4.78 is 4.76. The van der Waals surface area contributed by atoms with Crippen molar-refractivity contribution in [1.82, 2.24) is 10.8 Å². The highest BCUT2D eigenvalue weighted by Crippen LogP contribution is 2.12. The van der Waals surface area contributed by atoms with E-state index in [0.29, 0.717) is 32.6 Å². The van der Waals surface area contributed by atoms with Gasteiger partial charge in [0, 0.05) is 25.5 Å². The van der Waals surface area contributed by atoms with Gasteiger partial charge in [0.1, 0.15) is 0 Å². The molecule has 0 aromatic rings. The van der Waals surface area contributed by atoms with Crippen molar-refractivity contribution in [3.8, 4) is 0 Å². The number of carbonyl (C=O) groups is 2. The van der Waals surface area contributed by atoms with E-state index in [9.17, 15) is 9.59 Å². The van der Waals surface area contributed by atoms with Gasteiger partial charge < -0.3 is 10.1 Å². The van der Waals surface area contributed by atoms with Crippen LogP contribution in [0.1, 0.15) is 33.6 Å². The number of carbonyl (C=O) groups excluding carboxylic acids is 2. The first-order valence-corrected chi connectivity index (χ1v) is 6.06. The molecule has 6 nitrogen and oxygen atoms in total. The molecule has 2 N–H and O–H groups in total. The molecular formula is C12H24N2O4. The Morgan fingerprint density at radius 2 is 1.83 bits per heavy atom. The monoisotopic (exact) mass is 260 g/mol. The first-order valence-electron chi connectivity index (χ1n) is 6.06. The molecule has 0 aliphatic carbocycles. The van der Waals surface area contributed by atoms with Crippen molar-refractivity contribution >= 4 is 11.8 Å². The summed E-state index contributed by atoms with van der Waals surface area (Å²) in [7, 11) is 1.56. The molecule has 0 aliphatic rings. The molecule has 0 saturated heterocycles. The Labute approximate surface area is 108 Å². The smallest absolute Gasteiger partial charge is 0.243 e. The topological polar surface area (TPSA) is 76.7 Å². The average Bonchev–Trinajstić information content (AvgIpc) is 2.28. The van der Waals surface area contributed by atoms with Crippen molar-refractivity contribution in [2.75, 3.05) is 26.9 Å². The van der Waals surface area contributed by atoms with Crippen LogP contribution in [0.3, 0.4) is 0 Å². The molecule has 0 fully saturated rings. The van der Waals surface area contributed by atoms with Crippen LogP contribution in [0.15, 0.2) is 0 Å². The molecule has 0 rings (SSSR count). The van der Waals surface area contributed by atoms with Gasteiger partial charge in [-0.2, -0.15) is 0 Å². The third kappa shape index (κ3) is 8.95. The number of ether oxygens (including phenoxy) is 1. The standard InChI is InChI=1S/C12H24N2O4/c1-12(2,3)11(16)13-7-5-6-10(15)14-18-9-8-17-4/h5-9H2,1-4H3,(H,13,16)(H,14,15). The first kappa shape index (κ1) is 16.9. The molecule has 0 spiro atoms. The van der Waals surface area contributed by atoms with E-state index in [-0.39, 0.29) is 11.8 Å². The van der Waals surface area contributed by atoms with Crippen LogP contribution in [0.4, 0.5) is 0 Å². The van der Waals surface area contributed by atoms with Crippen molar-refractivity contribution in [3.63, 3.8) is 0 Å². The second kappa shape index (κ2) is 8.88. The number of nitrogens with one attached hydrogen (secondary N) is 2. The van der Waals surface area contributed by atoms with E-state index in [1.165, 1.54) is 0 Å². The molecule has 18 heavy (non-hydrogen) atoms. The van der Waals surface area contributed by atoms with Gasteiger partial charge in [0.25, 0.3) is 0 Å². The zero-order valence-corrected chi connectivity index (χ0v) is 11.7. The third-order valence-electron chi connectivity index (χ3n) is 2.12. The van der Waals surface area contributed by atoms with E-state index in [1.807, 2.05) is 20.8 Å². The lowest BCUT2D eigenvalue weighted by Crippen LogP contribution is -2.35. The zero-order valence-electron chi connectivity index (χ0n) is 11.7. The fourth-order valence-corrected chi connectivity index (χ4v) is 1.02. The van der Waals surface area contributed by atoms with Crippen LogP contribution in [-0.2, 0) is 19.2 Å². The molecular weight excluding hydrogens is 236 g/mol. The molecule has 106 valence electrons. The number of hydrogen-bond acceptors (Lipinski definition) is 4. The van der Waals surface area contributed by atoms with Crippen molar-refractivity contribution in [2.24, 2.45) is 5.41 Å². The zero-order chi connectivity index (χ0) is 14.0. The number of rotatable bonds is 8. The van der Waals surface area contributed by atoms with E-state index >= 15 is 0 Å². The number of methoxy groups -OCH3 is 1. The molecule has 0 aliphatic heterocycles. The van der Waals surface area contributed by atoms with Crippen molar-refractivity contribution < 1.29 is 19.2 Å². The summed E-state index contributed by atoms with van der Waals surface area (Å²) in [6.45, 7) is 6.78. The van der Waals surface area contributed by atoms with Gasteiger partial charge in [-0.25, -0.2) is 5.48 Å². The Morgan fingerprint density at radius 1 is 1.17 bits per heavy atom. The highest BCUT2D eigenvalue weighted by Gasteiger charge is 2.20. The molecule has 0 unspecified atom stereocenters. The fraction of sp³-hybridized carbons (Fsp3) is 0.833. The molecule has 0 radical (unpaired) electrons. The minimum atomic E-state index is -0.397. The van der Waals surface area contributed by atoms with Crippen LogP contribution >= 0.6 is 0 Å². The summed E-state index contributed by atoms with van der Waals surface area (Å²) in [6.07, 6.45) is 0.901. The van der Waals surface area contributed by atoms with Gasteiger partial charge in [0.15, 0.2) is 0 Å². The van der Waals surface area contributed by atoms with Crippen LogP contribution in [0, 0.1) is 5.41 Å². The Kier molecular flexibility index (Phi) is 8.32. The summed E-state index contributed by atoms with van der Waals surface area (Å²) in [5.41, 5.74) is 1.91. The summed E-state index contributed by atoms with van der Waals surface area (Å²) in [5, 5.41) is 2.77. The minimum absolute atomic E-state index is 0.0146. The van der Waals surface area contributed by atoms with E-state index in [4.69, 9.17) is 9.57 Å². The summed E-state index contributed by atoms with van der Waals surface area (Å²) in [5.74, 6) is -0.213. The van der Waals surface area contributed by atoms with E-state index in [0.717, 1.165) is 0 Å². The lowest BCUT2D eigenvalue weighted by atomic mass is 9.96. The maximum Gasteiger partial charge on any atom is 0.243 e. The van der Waals surface area contributed by atoms with Crippen molar-refractivity contribution in [2.45, 2.75) is 33.6 Å². The molecule has 0 aromatic heterocycles. The van der Waals surface area contributed by atoms with Crippen LogP contribution in [-0.4, -0.2) is 38.7 Å². The molecule has 6 heteroatoms. The van der Waals surface area contributed by atoms with E-state index in [2.05, 4.69) is 10.8 Å². The molecule has 0 saturated carbocycles. The number of amides is 2. The summed E-state index contributed by atoms with van der Waals surface area (Å²) in [4.78, 5) is 27.6. The number of hydrogen-bond donors (Lipinski definition) is 2. The van der Waals surface area contributed by atoms with Gasteiger partial charge in [-0.1, -0.05) is 20.8 Å². The van der Waals surface area contributed by atoms with Gasteiger partial charge in [-0.3, -0.25) is 14.4 Å². The first-order chi connectivity index (χ1) is 8.38. The molecule has 0 aromatic carbocycles. The molecule has 0 bridgehead atoms. The highest BCUT2D eigenvalue weighted by atomic mass is 16.7. The second-order valence-electron chi connectivity index (χ2n) is 4.98. The van der Waals surface area contributed by atoms with Gasteiger partial charge >= 0.3 is 0 Å². The maximum absolute atomic E-state index is 11.5. The lowest BCUT2D eigenvalue weighted by Gasteiger charge is -2.17. The largest absolute Gasteiger partial charge is 0.382 e. The predicted molar refractivity (Wildman–Crippen MR) is 67.7 cm³/mol. The van der Waals surface area contributed by atoms with Crippen LogP contribution < -0.4 is 10.8 Å². The van der Waals surface area contributed by atoms with Crippen LogP contribution in [0.25, 0.3) is 0 Å². The normalized spacial score (nSPS) is 11.1. The van der Waals surface area contributed by atoms with Gasteiger partial charge in [-0.05, 0) is 6.42 Å². The van der Waals surface area contributed by atoms with Crippen molar-refractivity contribution in [3.05, 3.63) is 0 Å². The van der Waals surface area contributed by atoms with Gasteiger partial charge in [0.2, 0.25) is 11.8 Å². The fourth-order valence-electron chi connectivity index (χ4n) is 1.02. The van der Waals surface area contributed by atoms with E-state index in [1.54, 1.807) is 7.11 Å². The Bertz CT molecular complexity index is 261.